The largest absolute Gasteiger partial charge is 0.497 e. The van der Waals surface area contributed by atoms with Crippen molar-refractivity contribution >= 4 is 44.6 Å². The zero-order chi connectivity index (χ0) is 39.2. The Morgan fingerprint density at radius 1 is 1.13 bits per heavy atom. The zero-order valence-corrected chi connectivity index (χ0v) is 32.7. The van der Waals surface area contributed by atoms with Crippen molar-refractivity contribution in [3.05, 3.63) is 42.6 Å². The molecule has 0 bridgehead atoms. The average molecular weight is 770 g/mol. The number of rotatable bonds is 7. The van der Waals surface area contributed by atoms with Gasteiger partial charge in [-0.3, -0.25) is 19.1 Å². The second-order valence-corrected chi connectivity index (χ2v) is 18.3. The molecule has 15 nitrogen and oxygen atoms in total. The number of methoxy groups -OCH3 is 1. The predicted octanol–water partition coefficient (Wildman–Crippen LogP) is 3.50. The molecule has 3 N–H and O–H groups in total. The molecule has 3 fully saturated rings. The molecule has 1 saturated heterocycles. The molecule has 1 aromatic heterocycles. The predicted molar refractivity (Wildman–Crippen MR) is 198 cm³/mol. The highest BCUT2D eigenvalue weighted by Gasteiger charge is 2.63. The van der Waals surface area contributed by atoms with Gasteiger partial charge in [0.15, 0.2) is 0 Å². The van der Waals surface area contributed by atoms with E-state index in [0.29, 0.717) is 36.8 Å². The van der Waals surface area contributed by atoms with Gasteiger partial charge in [0.1, 0.15) is 35.1 Å². The molecule has 2 saturated carbocycles. The van der Waals surface area contributed by atoms with Crippen molar-refractivity contribution in [1.82, 2.24) is 25.2 Å². The second-order valence-electron chi connectivity index (χ2n) is 16.1. The quantitative estimate of drug-likeness (QED) is 0.350. The fourth-order valence-electron chi connectivity index (χ4n) is 7.05. The molecule has 294 valence electrons. The van der Waals surface area contributed by atoms with E-state index in [-0.39, 0.29) is 31.4 Å². The number of nitrogens with one attached hydrogen (secondary N) is 3. The van der Waals surface area contributed by atoms with Crippen molar-refractivity contribution in [2.45, 2.75) is 126 Å². The van der Waals surface area contributed by atoms with Gasteiger partial charge in [-0.15, -0.1) is 0 Å². The third kappa shape index (κ3) is 8.28. The molecule has 4 aliphatic rings. The first kappa shape index (κ1) is 39.3. The average Bonchev–Trinajstić information content (AvgIpc) is 3.97. The van der Waals surface area contributed by atoms with Gasteiger partial charge in [0.2, 0.25) is 27.7 Å². The van der Waals surface area contributed by atoms with Crippen molar-refractivity contribution in [1.29, 1.82) is 0 Å². The molecule has 1 aromatic carbocycles. The molecule has 0 radical (unpaired) electrons. The lowest BCUT2D eigenvalue weighted by atomic mass is 10.1. The number of carbonyl (C=O) groups is 4. The number of fused-ring (bicyclic) bond motifs is 3. The summed E-state index contributed by atoms with van der Waals surface area (Å²) in [6, 6.07) is 4.78. The van der Waals surface area contributed by atoms with Crippen LogP contribution in [0, 0.1) is 5.92 Å². The molecule has 4 amide bonds. The molecule has 2 aliphatic carbocycles. The Bertz CT molecular complexity index is 1940. The number of pyridine rings is 1. The van der Waals surface area contributed by atoms with Crippen LogP contribution >= 0.6 is 0 Å². The Kier molecular flexibility index (Phi) is 10.7. The Morgan fingerprint density at radius 2 is 1.87 bits per heavy atom. The van der Waals surface area contributed by atoms with Gasteiger partial charge >= 0.3 is 6.09 Å². The standard InChI is InChI=1S/C38H51N5O10S/c1-22-10-8-9-11-25-20-38(25,34(46)42-54(48,49)37(6)15-16-37)41-31(44)29-19-27(52-32-28-13-12-26(50-7)18-24(28)14-17-39-32)21-43(29)33(45)30(23(2)51-22)40-35(47)53-36(3,4)5/h9,11-14,17-18,22-23,25,27,29-30H,8,10,15-16,19-21H2,1-7H3,(H,40,47)(H,41,44)(H,42,46)/b11-9-/t22-,23-,25+,27-,29-,30-,38+/m0/s1. The Hall–Kier alpha value is -4.44. The van der Waals surface area contributed by atoms with E-state index >= 15 is 0 Å². The van der Waals surface area contributed by atoms with E-state index in [1.807, 2.05) is 37.3 Å². The van der Waals surface area contributed by atoms with Crippen LogP contribution < -0.4 is 24.8 Å². The number of nitrogens with zero attached hydrogens (tertiary/aromatic N) is 2. The number of ether oxygens (including phenoxy) is 4. The lowest BCUT2D eigenvalue weighted by molar-refractivity contribution is -0.144. The number of amides is 4. The van der Waals surface area contributed by atoms with Crippen molar-refractivity contribution in [2.75, 3.05) is 13.7 Å². The maximum absolute atomic E-state index is 14.7. The van der Waals surface area contributed by atoms with E-state index in [4.69, 9.17) is 18.9 Å². The van der Waals surface area contributed by atoms with E-state index in [1.165, 1.54) is 4.90 Å². The summed E-state index contributed by atoms with van der Waals surface area (Å²) in [5, 5.41) is 7.04. The summed E-state index contributed by atoms with van der Waals surface area (Å²) in [7, 11) is -2.44. The van der Waals surface area contributed by atoms with Gasteiger partial charge in [0, 0.05) is 23.9 Å². The highest BCUT2D eigenvalue weighted by atomic mass is 32.2. The summed E-state index contributed by atoms with van der Waals surface area (Å²) in [5.74, 6) is -1.67. The van der Waals surface area contributed by atoms with E-state index in [0.717, 1.165) is 5.39 Å². The third-order valence-electron chi connectivity index (χ3n) is 10.6. The normalized spacial score (nSPS) is 30.4. The van der Waals surface area contributed by atoms with Crippen LogP contribution in [0.1, 0.15) is 80.1 Å². The van der Waals surface area contributed by atoms with Crippen molar-refractivity contribution in [3.8, 4) is 11.6 Å². The lowest BCUT2D eigenvalue weighted by Gasteiger charge is -2.33. The monoisotopic (exact) mass is 769 g/mol. The van der Waals surface area contributed by atoms with Gasteiger partial charge in [0.25, 0.3) is 5.91 Å². The maximum atomic E-state index is 14.7. The van der Waals surface area contributed by atoms with Gasteiger partial charge in [-0.05, 0) is 103 Å². The summed E-state index contributed by atoms with van der Waals surface area (Å²) < 4.78 is 51.0. The highest BCUT2D eigenvalue weighted by molar-refractivity contribution is 7.91. The van der Waals surface area contributed by atoms with Crippen molar-refractivity contribution in [2.24, 2.45) is 5.92 Å². The highest BCUT2D eigenvalue weighted by Crippen LogP contribution is 2.47. The maximum Gasteiger partial charge on any atom is 0.408 e. The van der Waals surface area contributed by atoms with E-state index in [9.17, 15) is 27.6 Å². The van der Waals surface area contributed by atoms with Crippen LogP contribution in [-0.2, 0) is 33.9 Å². The number of allylic oxidation sites excluding steroid dienone is 1. The van der Waals surface area contributed by atoms with Gasteiger partial charge in [-0.25, -0.2) is 18.2 Å². The molecule has 54 heavy (non-hydrogen) atoms. The van der Waals surface area contributed by atoms with Crippen LogP contribution in [0.5, 0.6) is 11.6 Å². The number of benzene rings is 1. The summed E-state index contributed by atoms with van der Waals surface area (Å²) in [6.07, 6.45) is 4.65. The van der Waals surface area contributed by atoms with Crippen LogP contribution in [0.3, 0.4) is 0 Å². The van der Waals surface area contributed by atoms with Crippen LogP contribution in [0.2, 0.25) is 0 Å². The van der Waals surface area contributed by atoms with E-state index in [1.54, 1.807) is 54.0 Å². The number of hydrogen-bond acceptors (Lipinski definition) is 11. The molecule has 16 heteroatoms. The summed E-state index contributed by atoms with van der Waals surface area (Å²) in [4.78, 5) is 61.9. The zero-order valence-electron chi connectivity index (χ0n) is 31.8. The number of alkyl carbamates (subject to hydrolysis) is 1. The first-order valence-electron chi connectivity index (χ1n) is 18.4. The van der Waals surface area contributed by atoms with E-state index < -0.39 is 79.9 Å². The van der Waals surface area contributed by atoms with Crippen LogP contribution in [0.4, 0.5) is 4.79 Å². The van der Waals surface area contributed by atoms with Crippen molar-refractivity contribution < 1.29 is 46.5 Å². The molecule has 7 atom stereocenters. The Morgan fingerprint density at radius 3 is 2.56 bits per heavy atom. The fraction of sp³-hybridized carbons (Fsp3) is 0.605. The summed E-state index contributed by atoms with van der Waals surface area (Å²) in [6.45, 7) is 10.1. The Labute approximate surface area is 315 Å². The van der Waals surface area contributed by atoms with Gasteiger partial charge in [-0.1, -0.05) is 12.2 Å². The fourth-order valence-corrected chi connectivity index (χ4v) is 8.36. The summed E-state index contributed by atoms with van der Waals surface area (Å²) in [5.41, 5.74) is -2.42. The van der Waals surface area contributed by atoms with Crippen LogP contribution in [0.15, 0.2) is 42.6 Å². The van der Waals surface area contributed by atoms with E-state index in [2.05, 4.69) is 20.3 Å². The van der Waals surface area contributed by atoms with Gasteiger partial charge in [-0.2, -0.15) is 0 Å². The van der Waals surface area contributed by atoms with Crippen LogP contribution in [-0.4, -0.2) is 102 Å². The Balaban J connectivity index is 1.35. The van der Waals surface area contributed by atoms with Gasteiger partial charge < -0.3 is 34.5 Å². The molecular weight excluding hydrogens is 719 g/mol. The molecule has 2 aliphatic heterocycles. The number of carbonyl (C=O) groups excluding carboxylic acids is 4. The molecular formula is C38H51N5O10S. The topological polar surface area (TPSA) is 192 Å². The minimum Gasteiger partial charge on any atom is -0.497 e. The third-order valence-corrected chi connectivity index (χ3v) is 12.8. The minimum atomic E-state index is -4.01. The summed E-state index contributed by atoms with van der Waals surface area (Å²) >= 11 is 0. The SMILES string of the molecule is COc1ccc2c(O[C@H]3C[C@H]4C(=O)N[C@]5(C(=O)NS(=O)(=O)C6(C)CC6)C[C@H]5/C=C\CC[C@H](C)O[C@@H](C)[C@H](NC(=O)OC(C)(C)C)C(=O)N4C3)nccc2c1. The number of hydrogen-bond donors (Lipinski definition) is 3. The molecule has 6 rings (SSSR count). The smallest absolute Gasteiger partial charge is 0.408 e. The first-order valence-corrected chi connectivity index (χ1v) is 19.9. The van der Waals surface area contributed by atoms with Crippen molar-refractivity contribution in [3.63, 3.8) is 0 Å². The molecule has 3 heterocycles. The molecule has 2 aromatic rings. The van der Waals surface area contributed by atoms with Gasteiger partial charge in [0.05, 0.1) is 30.6 Å². The lowest BCUT2D eigenvalue weighted by Crippen LogP contribution is -2.60. The number of aromatic nitrogens is 1. The second kappa shape index (κ2) is 14.7. The minimum absolute atomic E-state index is 0.00513. The van der Waals surface area contributed by atoms with Crippen LogP contribution in [0.25, 0.3) is 10.8 Å². The molecule has 0 spiro atoms. The molecule has 0 unspecified atom stereocenters. The number of sulfonamides is 1. The first-order chi connectivity index (χ1) is 25.3.